The molecule has 3 amide bonds. The standard InChI is InChI=1S/C21H37N3O3.C15H27NO3/c1-20(2,3)19(27)24-12-8-10-16(14-24)18(26)23-11-7-9-15(13-23)17(25)22-21(4,5)6;1-14(2,3)12(17)10-19-13(18)11-8-7-9-16(11)15(4,5)6/h15-16H,7-14H2,1-6H3,(H,22,25);11H,7-10H2,1-6H3. The first-order valence-electron chi connectivity index (χ1n) is 17.3. The van der Waals surface area contributed by atoms with Crippen molar-refractivity contribution in [2.75, 3.05) is 39.3 Å². The van der Waals surface area contributed by atoms with Crippen LogP contribution in [0.5, 0.6) is 0 Å². The molecule has 3 rings (SSSR count). The van der Waals surface area contributed by atoms with Gasteiger partial charge in [0.25, 0.3) is 0 Å². The van der Waals surface area contributed by atoms with Crippen LogP contribution in [0.1, 0.15) is 122 Å². The Balaban J connectivity index is 0.000000341. The lowest BCUT2D eigenvalue weighted by Crippen LogP contribution is -2.53. The second-order valence-corrected chi connectivity index (χ2v) is 17.5. The third-order valence-corrected chi connectivity index (χ3v) is 8.87. The van der Waals surface area contributed by atoms with E-state index in [0.29, 0.717) is 19.6 Å². The Morgan fingerprint density at radius 1 is 0.674 bits per heavy atom. The largest absolute Gasteiger partial charge is 0.456 e. The molecule has 10 heteroatoms. The molecule has 3 unspecified atom stereocenters. The SMILES string of the molecule is CC(C)(C)C(=O)COC(=O)C1CCCN1C(C)(C)C.CC(C)(C)NC(=O)C1CCCN(C(=O)C2CCCN(C(=O)C(C)(C)C)C2)C1. The minimum atomic E-state index is -0.459. The molecule has 0 aliphatic carbocycles. The summed E-state index contributed by atoms with van der Waals surface area (Å²) in [4.78, 5) is 67.9. The summed E-state index contributed by atoms with van der Waals surface area (Å²) >= 11 is 0. The number of likely N-dealkylation sites (tertiary alicyclic amines) is 3. The van der Waals surface area contributed by atoms with Gasteiger partial charge in [0.05, 0.1) is 11.8 Å². The maximum atomic E-state index is 13.1. The molecule has 46 heavy (non-hydrogen) atoms. The number of nitrogens with one attached hydrogen (secondary N) is 1. The molecule has 0 radical (unpaired) electrons. The van der Waals surface area contributed by atoms with E-state index in [9.17, 15) is 24.0 Å². The van der Waals surface area contributed by atoms with Gasteiger partial charge in [-0.15, -0.1) is 0 Å². The van der Waals surface area contributed by atoms with Gasteiger partial charge in [0.2, 0.25) is 17.7 Å². The average Bonchev–Trinajstić information content (AvgIpc) is 3.45. The number of amides is 3. The van der Waals surface area contributed by atoms with E-state index in [1.807, 2.05) is 72.1 Å². The van der Waals surface area contributed by atoms with E-state index >= 15 is 0 Å². The Kier molecular flexibility index (Phi) is 13.5. The summed E-state index contributed by atoms with van der Waals surface area (Å²) in [5, 5.41) is 3.04. The molecule has 264 valence electrons. The van der Waals surface area contributed by atoms with Gasteiger partial charge in [-0.1, -0.05) is 41.5 Å². The highest BCUT2D eigenvalue weighted by molar-refractivity contribution is 5.87. The van der Waals surface area contributed by atoms with Crippen LogP contribution in [-0.4, -0.2) is 101 Å². The number of ether oxygens (including phenoxy) is 1. The molecular weight excluding hydrogens is 584 g/mol. The van der Waals surface area contributed by atoms with Crippen LogP contribution >= 0.6 is 0 Å². The molecule has 0 spiro atoms. The Bertz CT molecular complexity index is 1090. The molecule has 0 aromatic heterocycles. The summed E-state index contributed by atoms with van der Waals surface area (Å²) in [7, 11) is 0. The van der Waals surface area contributed by atoms with Crippen LogP contribution in [0, 0.1) is 22.7 Å². The highest BCUT2D eigenvalue weighted by Gasteiger charge is 2.39. The molecular formula is C36H64N4O6. The molecule has 3 aliphatic heterocycles. The van der Waals surface area contributed by atoms with Gasteiger partial charge in [0.1, 0.15) is 6.04 Å². The van der Waals surface area contributed by atoms with Crippen molar-refractivity contribution in [1.29, 1.82) is 0 Å². The van der Waals surface area contributed by atoms with Gasteiger partial charge in [0, 0.05) is 48.1 Å². The summed E-state index contributed by atoms with van der Waals surface area (Å²) in [5.41, 5.74) is -1.19. The fourth-order valence-corrected chi connectivity index (χ4v) is 6.22. The Morgan fingerprint density at radius 3 is 1.72 bits per heavy atom. The van der Waals surface area contributed by atoms with Crippen molar-refractivity contribution in [3.8, 4) is 0 Å². The number of esters is 1. The lowest BCUT2D eigenvalue weighted by molar-refractivity contribution is -0.155. The van der Waals surface area contributed by atoms with Gasteiger partial charge in [-0.3, -0.25) is 28.9 Å². The summed E-state index contributed by atoms with van der Waals surface area (Å²) in [6.07, 6.45) is 5.18. The lowest BCUT2D eigenvalue weighted by atomic mass is 9.89. The topological polar surface area (TPSA) is 116 Å². The molecule has 3 aliphatic rings. The molecule has 0 aromatic rings. The number of carbonyl (C=O) groups is 5. The number of hydrogen-bond donors (Lipinski definition) is 1. The van der Waals surface area contributed by atoms with E-state index in [0.717, 1.165) is 51.6 Å². The van der Waals surface area contributed by atoms with E-state index in [1.54, 1.807) is 0 Å². The number of rotatable bonds is 5. The van der Waals surface area contributed by atoms with E-state index in [-0.39, 0.29) is 65.0 Å². The summed E-state index contributed by atoms with van der Waals surface area (Å²) < 4.78 is 5.21. The average molecular weight is 649 g/mol. The predicted octanol–water partition coefficient (Wildman–Crippen LogP) is 4.83. The van der Waals surface area contributed by atoms with Crippen molar-refractivity contribution >= 4 is 29.5 Å². The van der Waals surface area contributed by atoms with Crippen LogP contribution in [0.25, 0.3) is 0 Å². The second kappa shape index (κ2) is 15.6. The first-order valence-corrected chi connectivity index (χ1v) is 17.3. The Labute approximate surface area is 278 Å². The number of piperidine rings is 2. The Morgan fingerprint density at radius 2 is 1.20 bits per heavy atom. The van der Waals surface area contributed by atoms with E-state index in [4.69, 9.17) is 4.74 Å². The smallest absolute Gasteiger partial charge is 0.323 e. The fraction of sp³-hybridized carbons (Fsp3) is 0.861. The highest BCUT2D eigenvalue weighted by atomic mass is 16.5. The molecule has 3 fully saturated rings. The number of ketones is 1. The third kappa shape index (κ3) is 11.9. The van der Waals surface area contributed by atoms with E-state index in [2.05, 4.69) is 31.0 Å². The fourth-order valence-electron chi connectivity index (χ4n) is 6.22. The van der Waals surface area contributed by atoms with Crippen molar-refractivity contribution in [3.05, 3.63) is 0 Å². The molecule has 10 nitrogen and oxygen atoms in total. The van der Waals surface area contributed by atoms with E-state index < -0.39 is 10.8 Å². The normalized spacial score (nSPS) is 23.3. The molecule has 3 atom stereocenters. The van der Waals surface area contributed by atoms with Crippen LogP contribution in [0.15, 0.2) is 0 Å². The molecule has 0 saturated carbocycles. The van der Waals surface area contributed by atoms with Crippen LogP contribution in [-0.2, 0) is 28.7 Å². The lowest BCUT2D eigenvalue weighted by Gasteiger charge is -2.39. The van der Waals surface area contributed by atoms with Crippen LogP contribution in [0.2, 0.25) is 0 Å². The van der Waals surface area contributed by atoms with Gasteiger partial charge >= 0.3 is 5.97 Å². The number of carbonyl (C=O) groups excluding carboxylic acids is 5. The molecule has 3 heterocycles. The van der Waals surface area contributed by atoms with Crippen molar-refractivity contribution in [2.24, 2.45) is 22.7 Å². The monoisotopic (exact) mass is 648 g/mol. The molecule has 3 saturated heterocycles. The van der Waals surface area contributed by atoms with Crippen molar-refractivity contribution in [1.82, 2.24) is 20.0 Å². The quantitative estimate of drug-likeness (QED) is 0.425. The van der Waals surface area contributed by atoms with Gasteiger partial charge in [0.15, 0.2) is 12.4 Å². The molecule has 1 N–H and O–H groups in total. The first-order chi connectivity index (χ1) is 20.9. The van der Waals surface area contributed by atoms with Crippen LogP contribution in [0.3, 0.4) is 0 Å². The van der Waals surface area contributed by atoms with Crippen molar-refractivity contribution < 1.29 is 28.7 Å². The second-order valence-electron chi connectivity index (χ2n) is 17.5. The van der Waals surface area contributed by atoms with Crippen LogP contribution < -0.4 is 5.32 Å². The molecule has 0 bridgehead atoms. The zero-order chi connectivity index (χ0) is 35.3. The van der Waals surface area contributed by atoms with Crippen LogP contribution in [0.4, 0.5) is 0 Å². The predicted molar refractivity (Wildman–Crippen MR) is 181 cm³/mol. The number of nitrogens with zero attached hydrogens (tertiary/aromatic N) is 3. The zero-order valence-electron chi connectivity index (χ0n) is 31.0. The summed E-state index contributed by atoms with van der Waals surface area (Å²) in [6.45, 7) is 26.7. The van der Waals surface area contributed by atoms with E-state index in [1.165, 1.54) is 0 Å². The first kappa shape index (κ1) is 39.7. The minimum absolute atomic E-state index is 0.0354. The number of Topliss-reactive ketones (excluding diaryl/α,β-unsaturated/α-hetero) is 1. The summed E-state index contributed by atoms with van der Waals surface area (Å²) in [5.74, 6) is -0.331. The van der Waals surface area contributed by atoms with Crippen molar-refractivity contribution in [2.45, 2.75) is 139 Å². The third-order valence-electron chi connectivity index (χ3n) is 8.87. The summed E-state index contributed by atoms with van der Waals surface area (Å²) in [6, 6.07) is -0.201. The maximum Gasteiger partial charge on any atom is 0.323 e. The van der Waals surface area contributed by atoms with Gasteiger partial charge < -0.3 is 19.9 Å². The van der Waals surface area contributed by atoms with Gasteiger partial charge in [-0.05, 0) is 86.6 Å². The van der Waals surface area contributed by atoms with Crippen molar-refractivity contribution in [3.63, 3.8) is 0 Å². The highest BCUT2D eigenvalue weighted by Crippen LogP contribution is 2.28. The molecule has 0 aromatic carbocycles. The Hall–Kier alpha value is -2.49. The number of hydrogen-bond acceptors (Lipinski definition) is 7. The zero-order valence-corrected chi connectivity index (χ0v) is 31.0. The maximum absolute atomic E-state index is 13.1. The minimum Gasteiger partial charge on any atom is -0.456 e. The van der Waals surface area contributed by atoms with Gasteiger partial charge in [-0.25, -0.2) is 0 Å². The van der Waals surface area contributed by atoms with Gasteiger partial charge in [-0.2, -0.15) is 0 Å².